The van der Waals surface area contributed by atoms with E-state index in [1.165, 1.54) is 0 Å². The molecule has 0 aliphatic carbocycles. The van der Waals surface area contributed by atoms with Gasteiger partial charge in [0.15, 0.2) is 0 Å². The normalized spacial score (nSPS) is 15.7. The zero-order chi connectivity index (χ0) is 16.5. The van der Waals surface area contributed by atoms with E-state index < -0.39 is 21.6 Å². The maximum atomic E-state index is 11.9. The SMILES string of the molecule is O=C(CCCCCCC/C=C/S(F)(F)(F)(F)F)OCCO. The summed E-state index contributed by atoms with van der Waals surface area (Å²) in [5, 5.41) is 7.51. The topological polar surface area (TPSA) is 46.5 Å². The maximum absolute atomic E-state index is 11.9. The molecule has 21 heavy (non-hydrogen) atoms. The molecule has 1 N–H and O–H groups in total. The number of aliphatic hydroxyl groups is 1. The molecule has 3 nitrogen and oxygen atoms in total. The summed E-state index contributed by atoms with van der Waals surface area (Å²) in [4.78, 5) is 11.0. The molecule has 0 aliphatic rings. The van der Waals surface area contributed by atoms with Crippen molar-refractivity contribution in [2.24, 2.45) is 0 Å². The van der Waals surface area contributed by atoms with Crippen molar-refractivity contribution in [3.8, 4) is 0 Å². The molecule has 0 rings (SSSR count). The lowest BCUT2D eigenvalue weighted by Crippen LogP contribution is -2.07. The average molecular weight is 340 g/mol. The molecule has 0 saturated carbocycles. The number of allylic oxidation sites excluding steroid dienone is 1. The van der Waals surface area contributed by atoms with Crippen LogP contribution in [0.25, 0.3) is 0 Å². The number of rotatable bonds is 11. The third-order valence-corrected chi connectivity index (χ3v) is 3.17. The third-order valence-electron chi connectivity index (χ3n) is 2.46. The van der Waals surface area contributed by atoms with E-state index in [1.54, 1.807) is 0 Å². The van der Waals surface area contributed by atoms with Crippen molar-refractivity contribution in [3.05, 3.63) is 11.5 Å². The number of esters is 1. The molecular formula is C12H21F5O3S. The van der Waals surface area contributed by atoms with Gasteiger partial charge in [0, 0.05) is 6.42 Å². The smallest absolute Gasteiger partial charge is 0.305 e. The average Bonchev–Trinajstić information content (AvgIpc) is 2.31. The second-order valence-electron chi connectivity index (χ2n) is 4.65. The third kappa shape index (κ3) is 17.1. The van der Waals surface area contributed by atoms with Crippen LogP contribution >= 0.6 is 10.2 Å². The van der Waals surface area contributed by atoms with Gasteiger partial charge in [0.1, 0.15) is 6.61 Å². The number of unbranched alkanes of at least 4 members (excludes halogenated alkanes) is 5. The Bertz CT molecular complexity index is 352. The van der Waals surface area contributed by atoms with E-state index in [-0.39, 0.29) is 26.1 Å². The number of hydrogen-bond donors (Lipinski definition) is 1. The first-order valence-electron chi connectivity index (χ1n) is 6.62. The number of aliphatic hydroxyl groups excluding tert-OH is 1. The molecule has 0 aliphatic heterocycles. The molecule has 0 bridgehead atoms. The van der Waals surface area contributed by atoms with Crippen LogP contribution in [-0.2, 0) is 9.53 Å². The van der Waals surface area contributed by atoms with E-state index in [9.17, 15) is 24.2 Å². The van der Waals surface area contributed by atoms with E-state index in [4.69, 9.17) is 5.11 Å². The van der Waals surface area contributed by atoms with Crippen LogP contribution in [-0.4, -0.2) is 24.3 Å². The lowest BCUT2D eigenvalue weighted by atomic mass is 10.1. The molecule has 9 heteroatoms. The highest BCUT2D eigenvalue weighted by molar-refractivity contribution is 8.48. The predicted octanol–water partition coefficient (Wildman–Crippen LogP) is 5.06. The molecule has 0 heterocycles. The second kappa shape index (κ2) is 7.44. The second-order valence-corrected chi connectivity index (χ2v) is 6.98. The van der Waals surface area contributed by atoms with Crippen LogP contribution < -0.4 is 0 Å². The molecular weight excluding hydrogens is 319 g/mol. The van der Waals surface area contributed by atoms with Crippen LogP contribution in [0.4, 0.5) is 19.4 Å². The van der Waals surface area contributed by atoms with Crippen molar-refractivity contribution in [3.63, 3.8) is 0 Å². The quantitative estimate of drug-likeness (QED) is 0.325. The Morgan fingerprint density at radius 3 is 2.14 bits per heavy atom. The summed E-state index contributed by atoms with van der Waals surface area (Å²) in [6.07, 6.45) is 3.64. The first-order chi connectivity index (χ1) is 9.43. The van der Waals surface area contributed by atoms with Crippen molar-refractivity contribution in [1.29, 1.82) is 0 Å². The van der Waals surface area contributed by atoms with Crippen molar-refractivity contribution < 1.29 is 34.1 Å². The van der Waals surface area contributed by atoms with Gasteiger partial charge in [0.05, 0.1) is 12.0 Å². The van der Waals surface area contributed by atoms with Gasteiger partial charge >= 0.3 is 16.2 Å². The molecule has 0 amide bonds. The largest absolute Gasteiger partial charge is 0.463 e. The minimum absolute atomic E-state index is 0.0304. The Morgan fingerprint density at radius 1 is 1.00 bits per heavy atom. The van der Waals surface area contributed by atoms with Crippen molar-refractivity contribution in [2.75, 3.05) is 13.2 Å². The highest BCUT2D eigenvalue weighted by Gasteiger charge is 2.60. The van der Waals surface area contributed by atoms with Gasteiger partial charge in [-0.2, -0.15) is 0 Å². The zero-order valence-electron chi connectivity index (χ0n) is 11.6. The summed E-state index contributed by atoms with van der Waals surface area (Å²) >= 11 is 0. The lowest BCUT2D eigenvalue weighted by molar-refractivity contribution is -0.144. The van der Waals surface area contributed by atoms with Gasteiger partial charge < -0.3 is 9.84 Å². The van der Waals surface area contributed by atoms with E-state index in [0.717, 1.165) is 0 Å². The van der Waals surface area contributed by atoms with Gasteiger partial charge in [-0.1, -0.05) is 44.8 Å². The molecule has 0 spiro atoms. The summed E-state index contributed by atoms with van der Waals surface area (Å²) in [7, 11) is -9.40. The first kappa shape index (κ1) is 20.2. The highest BCUT2D eigenvalue weighted by Crippen LogP contribution is 2.98. The summed E-state index contributed by atoms with van der Waals surface area (Å²) in [6, 6.07) is 0. The fraction of sp³-hybridized carbons (Fsp3) is 0.750. The minimum Gasteiger partial charge on any atom is -0.463 e. The lowest BCUT2D eigenvalue weighted by Gasteiger charge is -2.36. The summed E-state index contributed by atoms with van der Waals surface area (Å²) in [5.41, 5.74) is 0. The van der Waals surface area contributed by atoms with Gasteiger partial charge in [-0.25, -0.2) is 0 Å². The molecule has 0 radical (unpaired) electrons. The van der Waals surface area contributed by atoms with Gasteiger partial charge in [-0.3, -0.25) is 4.79 Å². The standard InChI is InChI=1S/C12H21F5O3S/c13-21(14,15,16,17)11-7-5-3-1-2-4-6-8-12(19)20-10-9-18/h7,11,18H,1-6,8-10H2/b11-7+. The molecule has 0 aromatic heterocycles. The number of halogens is 5. The van der Waals surface area contributed by atoms with Crippen LogP contribution in [0.3, 0.4) is 0 Å². The van der Waals surface area contributed by atoms with E-state index in [0.29, 0.717) is 38.2 Å². The van der Waals surface area contributed by atoms with Crippen molar-refractivity contribution >= 4 is 16.2 Å². The van der Waals surface area contributed by atoms with Crippen LogP contribution in [0.2, 0.25) is 0 Å². The van der Waals surface area contributed by atoms with Gasteiger partial charge in [0.25, 0.3) is 0 Å². The van der Waals surface area contributed by atoms with Gasteiger partial charge in [0.2, 0.25) is 0 Å². The molecule has 0 aromatic rings. The van der Waals surface area contributed by atoms with Crippen LogP contribution in [0, 0.1) is 0 Å². The summed E-state index contributed by atoms with van der Waals surface area (Å²) in [6.45, 7) is -0.254. The number of carbonyl (C=O) groups is 1. The Morgan fingerprint density at radius 2 is 1.57 bits per heavy atom. The predicted molar refractivity (Wildman–Crippen MR) is 72.6 cm³/mol. The Kier molecular flexibility index (Phi) is 7.14. The number of hydrogen-bond acceptors (Lipinski definition) is 3. The van der Waals surface area contributed by atoms with Crippen molar-refractivity contribution in [2.45, 2.75) is 44.9 Å². The Hall–Kier alpha value is -0.830. The number of ether oxygens (including phenoxy) is 1. The minimum atomic E-state index is -9.40. The van der Waals surface area contributed by atoms with Gasteiger partial charge in [-0.05, 0) is 19.3 Å². The molecule has 0 unspecified atom stereocenters. The Labute approximate surface area is 120 Å². The fourth-order valence-electron chi connectivity index (χ4n) is 1.54. The molecule has 0 aromatic carbocycles. The van der Waals surface area contributed by atoms with Crippen LogP contribution in [0.5, 0.6) is 0 Å². The van der Waals surface area contributed by atoms with Crippen LogP contribution in [0.1, 0.15) is 44.9 Å². The van der Waals surface area contributed by atoms with E-state index in [1.807, 2.05) is 0 Å². The monoisotopic (exact) mass is 340 g/mol. The molecule has 0 saturated heterocycles. The van der Waals surface area contributed by atoms with E-state index in [2.05, 4.69) is 4.74 Å². The fourth-order valence-corrected chi connectivity index (χ4v) is 2.04. The summed E-state index contributed by atoms with van der Waals surface area (Å²) < 4.78 is 64.2. The van der Waals surface area contributed by atoms with Gasteiger partial charge in [-0.15, -0.1) is 0 Å². The molecule has 0 fully saturated rings. The zero-order valence-corrected chi connectivity index (χ0v) is 12.4. The number of carbonyl (C=O) groups excluding carboxylic acids is 1. The first-order valence-corrected chi connectivity index (χ1v) is 8.63. The Balaban J connectivity index is 3.54. The molecule has 0 atom stereocenters. The van der Waals surface area contributed by atoms with Crippen molar-refractivity contribution in [1.82, 2.24) is 0 Å². The maximum Gasteiger partial charge on any atom is 0.305 e. The summed E-state index contributed by atoms with van der Waals surface area (Å²) in [5.74, 6) is -0.400. The molecule has 128 valence electrons. The highest BCUT2D eigenvalue weighted by atomic mass is 32.5. The van der Waals surface area contributed by atoms with Crippen LogP contribution in [0.15, 0.2) is 11.5 Å². The van der Waals surface area contributed by atoms with E-state index >= 15 is 0 Å².